The molecule has 12 rings (SSSR count). The number of fused-ring (bicyclic) bond motifs is 9. The quantitative estimate of drug-likeness (QED) is 0.158. The summed E-state index contributed by atoms with van der Waals surface area (Å²) in [4.78, 5) is 15.0. The Morgan fingerprint density at radius 2 is 0.738 bits per heavy atom. The number of benzene rings is 10. The van der Waals surface area contributed by atoms with Crippen molar-refractivity contribution in [2.45, 2.75) is 0 Å². The van der Waals surface area contributed by atoms with E-state index in [-0.39, 0.29) is 0 Å². The molecule has 0 unspecified atom stereocenters. The van der Waals surface area contributed by atoms with Gasteiger partial charge in [-0.25, -0.2) is 15.0 Å². The van der Waals surface area contributed by atoms with Gasteiger partial charge in [-0.05, 0) is 91.0 Å². The zero-order chi connectivity index (χ0) is 40.3. The van der Waals surface area contributed by atoms with Gasteiger partial charge in [-0.3, -0.25) is 0 Å². The number of rotatable bonds is 6. The third-order valence-electron chi connectivity index (χ3n) is 12.0. The van der Waals surface area contributed by atoms with Crippen molar-refractivity contribution in [1.29, 1.82) is 0 Å². The lowest BCUT2D eigenvalue weighted by atomic mass is 9.88. The summed E-state index contributed by atoms with van der Waals surface area (Å²) in [5.74, 6) is 1.93. The molecule has 4 heteroatoms. The van der Waals surface area contributed by atoms with E-state index in [1.807, 2.05) is 60.7 Å². The van der Waals surface area contributed by atoms with Crippen LogP contribution in [0.1, 0.15) is 0 Å². The van der Waals surface area contributed by atoms with Gasteiger partial charge in [0, 0.05) is 33.2 Å². The number of aromatic nitrogens is 4. The van der Waals surface area contributed by atoms with Gasteiger partial charge >= 0.3 is 0 Å². The van der Waals surface area contributed by atoms with Crippen LogP contribution in [0.25, 0.3) is 116 Å². The summed E-state index contributed by atoms with van der Waals surface area (Å²) in [5, 5.41) is 9.87. The third kappa shape index (κ3) is 5.88. The Morgan fingerprint density at radius 3 is 1.44 bits per heavy atom. The first kappa shape index (κ1) is 34.8. The molecule has 2 aromatic heterocycles. The molecule has 0 spiro atoms. The molecule has 12 aromatic rings. The van der Waals surface area contributed by atoms with Gasteiger partial charge in [0.05, 0.1) is 11.0 Å². The summed E-state index contributed by atoms with van der Waals surface area (Å²) in [6.45, 7) is 0. The Morgan fingerprint density at radius 1 is 0.262 bits per heavy atom. The summed E-state index contributed by atoms with van der Waals surface area (Å²) < 4.78 is 2.39. The van der Waals surface area contributed by atoms with Crippen molar-refractivity contribution >= 4 is 54.1 Å². The predicted molar refractivity (Wildman–Crippen MR) is 254 cm³/mol. The van der Waals surface area contributed by atoms with Gasteiger partial charge in [-0.15, -0.1) is 0 Å². The molecule has 0 aliphatic rings. The Labute approximate surface area is 352 Å². The molecule has 0 saturated heterocycles. The molecular weight excluding hydrogens is 741 g/mol. The van der Waals surface area contributed by atoms with E-state index in [1.165, 1.54) is 65.3 Å². The van der Waals surface area contributed by atoms with E-state index in [1.54, 1.807) is 0 Å². The van der Waals surface area contributed by atoms with E-state index in [4.69, 9.17) is 15.0 Å². The van der Waals surface area contributed by atoms with Gasteiger partial charge in [0.1, 0.15) is 0 Å². The van der Waals surface area contributed by atoms with Crippen LogP contribution in [0.2, 0.25) is 0 Å². The first-order valence-corrected chi connectivity index (χ1v) is 20.7. The number of nitrogens with zero attached hydrogens (tertiary/aromatic N) is 4. The van der Waals surface area contributed by atoms with Crippen molar-refractivity contribution in [1.82, 2.24) is 19.5 Å². The molecule has 0 bridgehead atoms. The molecule has 0 saturated carbocycles. The maximum absolute atomic E-state index is 5.06. The lowest BCUT2D eigenvalue weighted by Crippen LogP contribution is -2.00. The summed E-state index contributed by atoms with van der Waals surface area (Å²) in [6, 6.07) is 77.7. The van der Waals surface area contributed by atoms with Gasteiger partial charge in [0.25, 0.3) is 0 Å². The summed E-state index contributed by atoms with van der Waals surface area (Å²) in [6.07, 6.45) is 0. The molecule has 0 radical (unpaired) electrons. The lowest BCUT2D eigenvalue weighted by molar-refractivity contribution is 1.07. The summed E-state index contributed by atoms with van der Waals surface area (Å²) in [7, 11) is 0. The summed E-state index contributed by atoms with van der Waals surface area (Å²) >= 11 is 0. The normalized spacial score (nSPS) is 11.6. The smallest absolute Gasteiger partial charge is 0.164 e. The Balaban J connectivity index is 1.04. The van der Waals surface area contributed by atoms with Crippen LogP contribution in [0.4, 0.5) is 0 Å². The fraction of sp³-hybridized carbons (Fsp3) is 0. The number of para-hydroxylation sites is 2. The molecule has 0 atom stereocenters. The van der Waals surface area contributed by atoms with Crippen LogP contribution in [0.15, 0.2) is 218 Å². The Hall–Kier alpha value is -8.21. The maximum Gasteiger partial charge on any atom is 0.164 e. The SMILES string of the molecule is c1ccc(-c2nc(-c3ccccc3)nc(-c3cccc(-c4cccc5c6ccccc6c6cc(-c7ccc8c9ccccc9n(-c9ccccc9)c8c7)ccc6c45)c3)n2)cc1. The Kier molecular flexibility index (Phi) is 8.13. The minimum atomic E-state index is 0.637. The lowest BCUT2D eigenvalue weighted by Gasteiger charge is -2.16. The molecule has 0 aliphatic heterocycles. The van der Waals surface area contributed by atoms with E-state index < -0.39 is 0 Å². The molecule has 0 N–H and O–H groups in total. The summed E-state index contributed by atoms with van der Waals surface area (Å²) in [5.41, 5.74) is 11.0. The van der Waals surface area contributed by atoms with Gasteiger partial charge in [-0.1, -0.05) is 182 Å². The number of hydrogen-bond donors (Lipinski definition) is 0. The highest BCUT2D eigenvalue weighted by Gasteiger charge is 2.18. The predicted octanol–water partition coefficient (Wildman–Crippen LogP) is 14.8. The van der Waals surface area contributed by atoms with Crippen LogP contribution < -0.4 is 0 Å². The highest BCUT2D eigenvalue weighted by atomic mass is 15.0. The van der Waals surface area contributed by atoms with E-state index in [0.29, 0.717) is 17.5 Å². The van der Waals surface area contributed by atoms with Crippen LogP contribution in [-0.4, -0.2) is 19.5 Å². The molecule has 61 heavy (non-hydrogen) atoms. The van der Waals surface area contributed by atoms with Crippen molar-refractivity contribution in [2.24, 2.45) is 0 Å². The molecular formula is C57H36N4. The monoisotopic (exact) mass is 776 g/mol. The van der Waals surface area contributed by atoms with Crippen molar-refractivity contribution in [3.8, 4) is 62.1 Å². The second kappa shape index (κ2) is 14.3. The second-order valence-electron chi connectivity index (χ2n) is 15.6. The molecule has 0 amide bonds. The van der Waals surface area contributed by atoms with Crippen molar-refractivity contribution in [2.75, 3.05) is 0 Å². The van der Waals surface area contributed by atoms with Gasteiger partial charge in [-0.2, -0.15) is 0 Å². The van der Waals surface area contributed by atoms with E-state index >= 15 is 0 Å². The molecule has 2 heterocycles. The van der Waals surface area contributed by atoms with E-state index in [9.17, 15) is 0 Å². The van der Waals surface area contributed by atoms with Gasteiger partial charge < -0.3 is 4.57 Å². The van der Waals surface area contributed by atoms with E-state index in [0.717, 1.165) is 33.5 Å². The highest BCUT2D eigenvalue weighted by Crippen LogP contribution is 2.43. The van der Waals surface area contributed by atoms with Crippen LogP contribution >= 0.6 is 0 Å². The first-order chi connectivity index (χ1) is 30.2. The van der Waals surface area contributed by atoms with Crippen molar-refractivity contribution in [3.05, 3.63) is 218 Å². The standard InChI is InChI=1S/C57H36N4/c1-4-16-37(17-5-1)55-58-56(38-18-6-2-7-19-38)60-57(59-55)42-21-14-20-41(34-42)44-27-15-28-49-45-24-10-11-25-46(45)51-35-39(31-33-50(51)54(44)49)40-30-32-48-47-26-12-13-29-52(47)61(53(48)36-40)43-22-8-3-9-23-43/h1-36H. The average molecular weight is 777 g/mol. The van der Waals surface area contributed by atoms with Crippen LogP contribution in [0.5, 0.6) is 0 Å². The van der Waals surface area contributed by atoms with E-state index in [2.05, 4.69) is 162 Å². The highest BCUT2D eigenvalue weighted by molar-refractivity contribution is 6.29. The minimum absolute atomic E-state index is 0.637. The fourth-order valence-electron chi connectivity index (χ4n) is 9.19. The third-order valence-corrected chi connectivity index (χ3v) is 12.0. The van der Waals surface area contributed by atoms with Gasteiger partial charge in [0.15, 0.2) is 17.5 Å². The van der Waals surface area contributed by atoms with Gasteiger partial charge in [0.2, 0.25) is 0 Å². The van der Waals surface area contributed by atoms with Crippen LogP contribution in [0, 0.1) is 0 Å². The minimum Gasteiger partial charge on any atom is -0.309 e. The van der Waals surface area contributed by atoms with Crippen molar-refractivity contribution in [3.63, 3.8) is 0 Å². The van der Waals surface area contributed by atoms with Crippen LogP contribution in [0.3, 0.4) is 0 Å². The van der Waals surface area contributed by atoms with Crippen molar-refractivity contribution < 1.29 is 0 Å². The molecule has 4 nitrogen and oxygen atoms in total. The largest absolute Gasteiger partial charge is 0.309 e. The first-order valence-electron chi connectivity index (χ1n) is 20.7. The second-order valence-corrected chi connectivity index (χ2v) is 15.6. The maximum atomic E-state index is 5.06. The average Bonchev–Trinajstić information content (AvgIpc) is 3.68. The van der Waals surface area contributed by atoms with Crippen LogP contribution in [-0.2, 0) is 0 Å². The molecule has 0 fully saturated rings. The molecule has 10 aromatic carbocycles. The number of hydrogen-bond acceptors (Lipinski definition) is 3. The zero-order valence-electron chi connectivity index (χ0n) is 33.1. The molecule has 0 aliphatic carbocycles. The molecule has 284 valence electrons. The zero-order valence-corrected chi connectivity index (χ0v) is 33.1. The topological polar surface area (TPSA) is 43.6 Å². The fourth-order valence-corrected chi connectivity index (χ4v) is 9.19. The Bertz CT molecular complexity index is 3570.